The van der Waals surface area contributed by atoms with Gasteiger partial charge in [0, 0.05) is 31.5 Å². The molecule has 1 amide bonds. The van der Waals surface area contributed by atoms with Crippen molar-refractivity contribution in [1.29, 1.82) is 0 Å². The minimum atomic E-state index is -3.76. The van der Waals surface area contributed by atoms with Gasteiger partial charge < -0.3 is 9.32 Å². The standard InChI is InChI=1S/C25H23N3O4S/c1-27(22-8-3-2-4-9-22)33(30,31)24-13-11-21(12-14-24)25(29)28(19-23-10-6-16-32-23)18-20-7-5-15-26-17-20/h2-17H,18-19H2,1H3. The zero-order valence-electron chi connectivity index (χ0n) is 18.0. The third-order valence-corrected chi connectivity index (χ3v) is 6.99. The molecule has 33 heavy (non-hydrogen) atoms. The molecule has 0 spiro atoms. The number of aromatic nitrogens is 1. The Hall–Kier alpha value is -3.91. The number of rotatable bonds is 8. The quantitative estimate of drug-likeness (QED) is 0.390. The number of sulfonamides is 1. The van der Waals surface area contributed by atoms with E-state index in [0.717, 1.165) is 5.56 Å². The van der Waals surface area contributed by atoms with Crippen molar-refractivity contribution in [3.8, 4) is 0 Å². The van der Waals surface area contributed by atoms with Crippen molar-refractivity contribution in [2.24, 2.45) is 0 Å². The van der Waals surface area contributed by atoms with Gasteiger partial charge in [0.2, 0.25) is 0 Å². The molecular weight excluding hydrogens is 438 g/mol. The van der Waals surface area contributed by atoms with E-state index in [0.29, 0.717) is 23.6 Å². The van der Waals surface area contributed by atoms with Crippen LogP contribution in [0.5, 0.6) is 0 Å². The van der Waals surface area contributed by atoms with Crippen LogP contribution in [0, 0.1) is 0 Å². The molecule has 7 nitrogen and oxygen atoms in total. The van der Waals surface area contributed by atoms with Gasteiger partial charge in [-0.25, -0.2) is 8.42 Å². The number of carbonyl (C=O) groups is 1. The van der Waals surface area contributed by atoms with E-state index in [2.05, 4.69) is 4.98 Å². The van der Waals surface area contributed by atoms with Crippen molar-refractivity contribution in [1.82, 2.24) is 9.88 Å². The molecule has 0 bridgehead atoms. The number of furan rings is 1. The highest BCUT2D eigenvalue weighted by molar-refractivity contribution is 7.92. The van der Waals surface area contributed by atoms with Crippen LogP contribution in [-0.2, 0) is 23.1 Å². The Morgan fingerprint density at radius 3 is 2.30 bits per heavy atom. The summed E-state index contributed by atoms with van der Waals surface area (Å²) >= 11 is 0. The van der Waals surface area contributed by atoms with Gasteiger partial charge in [-0.1, -0.05) is 24.3 Å². The number of anilines is 1. The lowest BCUT2D eigenvalue weighted by Crippen LogP contribution is -2.30. The number of para-hydroxylation sites is 1. The molecule has 0 aliphatic rings. The number of benzene rings is 2. The number of nitrogens with zero attached hydrogens (tertiary/aromatic N) is 3. The molecule has 2 aromatic heterocycles. The molecule has 0 saturated heterocycles. The third-order valence-electron chi connectivity index (χ3n) is 5.19. The van der Waals surface area contributed by atoms with Gasteiger partial charge in [-0.15, -0.1) is 0 Å². The zero-order chi connectivity index (χ0) is 23.3. The Bertz CT molecular complexity index is 1290. The largest absolute Gasteiger partial charge is 0.467 e. The molecular formula is C25H23N3O4S. The summed E-state index contributed by atoms with van der Waals surface area (Å²) in [5.41, 5.74) is 1.81. The lowest BCUT2D eigenvalue weighted by atomic mass is 10.1. The normalized spacial score (nSPS) is 11.2. The summed E-state index contributed by atoms with van der Waals surface area (Å²) in [6.45, 7) is 0.613. The van der Waals surface area contributed by atoms with E-state index < -0.39 is 10.0 Å². The summed E-state index contributed by atoms with van der Waals surface area (Å²) in [5.74, 6) is 0.409. The van der Waals surface area contributed by atoms with Crippen LogP contribution in [0.1, 0.15) is 21.7 Å². The van der Waals surface area contributed by atoms with Crippen molar-refractivity contribution < 1.29 is 17.6 Å². The number of amides is 1. The molecule has 0 aliphatic heterocycles. The van der Waals surface area contributed by atoms with Gasteiger partial charge in [0.15, 0.2) is 0 Å². The molecule has 8 heteroatoms. The lowest BCUT2D eigenvalue weighted by molar-refractivity contribution is 0.0717. The molecule has 0 atom stereocenters. The Morgan fingerprint density at radius 2 is 1.67 bits per heavy atom. The second-order valence-corrected chi connectivity index (χ2v) is 9.40. The van der Waals surface area contributed by atoms with Gasteiger partial charge in [-0.3, -0.25) is 14.1 Å². The first-order valence-electron chi connectivity index (χ1n) is 10.3. The number of pyridine rings is 1. The molecule has 168 valence electrons. The van der Waals surface area contributed by atoms with Gasteiger partial charge in [0.1, 0.15) is 5.76 Å². The fraction of sp³-hybridized carbons (Fsp3) is 0.120. The predicted molar refractivity (Wildman–Crippen MR) is 125 cm³/mol. The molecule has 4 aromatic rings. The first-order chi connectivity index (χ1) is 15.9. The van der Waals surface area contributed by atoms with Crippen LogP contribution in [0.15, 0.2) is 107 Å². The summed E-state index contributed by atoms with van der Waals surface area (Å²) < 4.78 is 32.7. The Kier molecular flexibility index (Phi) is 6.55. The van der Waals surface area contributed by atoms with Crippen molar-refractivity contribution >= 4 is 21.6 Å². The van der Waals surface area contributed by atoms with Crippen LogP contribution in [0.3, 0.4) is 0 Å². The SMILES string of the molecule is CN(c1ccccc1)S(=O)(=O)c1ccc(C(=O)N(Cc2cccnc2)Cc2ccco2)cc1. The third kappa shape index (κ3) is 5.12. The van der Waals surface area contributed by atoms with Crippen molar-refractivity contribution in [3.05, 3.63) is 114 Å². The highest BCUT2D eigenvalue weighted by Gasteiger charge is 2.23. The molecule has 0 radical (unpaired) electrons. The van der Waals surface area contributed by atoms with Crippen LogP contribution < -0.4 is 4.31 Å². The van der Waals surface area contributed by atoms with Crippen molar-refractivity contribution in [2.45, 2.75) is 18.0 Å². The van der Waals surface area contributed by atoms with Crippen molar-refractivity contribution in [3.63, 3.8) is 0 Å². The molecule has 0 saturated carbocycles. The molecule has 0 fully saturated rings. The van der Waals surface area contributed by atoms with E-state index in [9.17, 15) is 13.2 Å². The van der Waals surface area contributed by atoms with E-state index in [1.54, 1.807) is 60.0 Å². The minimum Gasteiger partial charge on any atom is -0.467 e. The average Bonchev–Trinajstić information content (AvgIpc) is 3.37. The van der Waals surface area contributed by atoms with Crippen LogP contribution in [0.2, 0.25) is 0 Å². The van der Waals surface area contributed by atoms with E-state index in [-0.39, 0.29) is 17.3 Å². The minimum absolute atomic E-state index is 0.107. The first kappa shape index (κ1) is 22.3. The second-order valence-electron chi connectivity index (χ2n) is 7.43. The Labute approximate surface area is 193 Å². The average molecular weight is 462 g/mol. The topological polar surface area (TPSA) is 83.7 Å². The van der Waals surface area contributed by atoms with Gasteiger partial charge in [0.25, 0.3) is 15.9 Å². The lowest BCUT2D eigenvalue weighted by Gasteiger charge is -2.22. The maximum absolute atomic E-state index is 13.3. The van der Waals surface area contributed by atoms with Crippen LogP contribution >= 0.6 is 0 Å². The van der Waals surface area contributed by atoms with E-state index in [1.807, 2.05) is 18.2 Å². The van der Waals surface area contributed by atoms with Crippen LogP contribution in [0.25, 0.3) is 0 Å². The van der Waals surface area contributed by atoms with Crippen LogP contribution in [0.4, 0.5) is 5.69 Å². The summed E-state index contributed by atoms with van der Waals surface area (Å²) in [7, 11) is -2.26. The number of hydrogen-bond acceptors (Lipinski definition) is 5. The number of hydrogen-bond donors (Lipinski definition) is 0. The van der Waals surface area contributed by atoms with E-state index in [1.165, 1.54) is 35.6 Å². The summed E-state index contributed by atoms with van der Waals surface area (Å²) in [4.78, 5) is 19.2. The molecule has 0 unspecified atom stereocenters. The van der Waals surface area contributed by atoms with E-state index in [4.69, 9.17) is 4.42 Å². The second kappa shape index (κ2) is 9.70. The molecule has 2 heterocycles. The van der Waals surface area contributed by atoms with Gasteiger partial charge >= 0.3 is 0 Å². The fourth-order valence-corrected chi connectivity index (χ4v) is 4.58. The molecule has 0 aliphatic carbocycles. The summed E-state index contributed by atoms with van der Waals surface area (Å²) in [6, 6.07) is 22.1. The Balaban J connectivity index is 1.57. The highest BCUT2D eigenvalue weighted by Crippen LogP contribution is 2.23. The Morgan fingerprint density at radius 1 is 0.909 bits per heavy atom. The maximum Gasteiger partial charge on any atom is 0.264 e. The summed E-state index contributed by atoms with van der Waals surface area (Å²) in [5, 5.41) is 0. The predicted octanol–water partition coefficient (Wildman–Crippen LogP) is 4.34. The molecule has 2 aromatic carbocycles. The van der Waals surface area contributed by atoms with E-state index >= 15 is 0 Å². The molecule has 0 N–H and O–H groups in total. The number of carbonyl (C=O) groups excluding carboxylic acids is 1. The van der Waals surface area contributed by atoms with Gasteiger partial charge in [-0.2, -0.15) is 0 Å². The fourth-order valence-electron chi connectivity index (χ4n) is 3.39. The highest BCUT2D eigenvalue weighted by atomic mass is 32.2. The van der Waals surface area contributed by atoms with Gasteiger partial charge in [-0.05, 0) is 60.2 Å². The maximum atomic E-state index is 13.3. The zero-order valence-corrected chi connectivity index (χ0v) is 18.9. The van der Waals surface area contributed by atoms with Crippen LogP contribution in [-0.4, -0.2) is 31.3 Å². The first-order valence-corrected chi connectivity index (χ1v) is 11.7. The smallest absolute Gasteiger partial charge is 0.264 e. The summed E-state index contributed by atoms with van der Waals surface area (Å²) in [6.07, 6.45) is 4.94. The monoisotopic (exact) mass is 461 g/mol. The van der Waals surface area contributed by atoms with Gasteiger partial charge in [0.05, 0.1) is 23.4 Å². The van der Waals surface area contributed by atoms with Crippen molar-refractivity contribution in [2.75, 3.05) is 11.4 Å². The molecule has 4 rings (SSSR count).